The van der Waals surface area contributed by atoms with E-state index in [0.717, 1.165) is 11.1 Å². The lowest BCUT2D eigenvalue weighted by atomic mass is 9.97. The number of carbonyl (C=O) groups is 2. The van der Waals surface area contributed by atoms with Gasteiger partial charge in [-0.3, -0.25) is 4.79 Å². The molecule has 0 spiro atoms. The summed E-state index contributed by atoms with van der Waals surface area (Å²) in [6, 6.07) is 19.9. The lowest BCUT2D eigenvalue weighted by molar-refractivity contribution is 0.0375. The van der Waals surface area contributed by atoms with Gasteiger partial charge in [-0.05, 0) is 38.5 Å². The lowest BCUT2D eigenvalue weighted by Crippen LogP contribution is -2.17. The molecule has 0 bridgehead atoms. The number of hydrogen-bond acceptors (Lipinski definition) is 5. The van der Waals surface area contributed by atoms with E-state index in [2.05, 4.69) is 0 Å². The van der Waals surface area contributed by atoms with Crippen molar-refractivity contribution in [3.63, 3.8) is 0 Å². The van der Waals surface area contributed by atoms with Gasteiger partial charge in [-0.1, -0.05) is 60.2 Å². The second-order valence-electron chi connectivity index (χ2n) is 7.47. The number of hydrogen-bond donors (Lipinski definition) is 0. The van der Waals surface area contributed by atoms with Gasteiger partial charge in [0.2, 0.25) is 0 Å². The number of benzene rings is 3. The minimum Gasteiger partial charge on any atom is -0.493 e. The van der Waals surface area contributed by atoms with E-state index in [1.54, 1.807) is 32.0 Å². The van der Waals surface area contributed by atoms with Crippen molar-refractivity contribution in [3.8, 4) is 11.5 Å². The van der Waals surface area contributed by atoms with Crippen LogP contribution in [0, 0.1) is 6.92 Å². The molecule has 0 heterocycles. The highest BCUT2D eigenvalue weighted by Gasteiger charge is 2.24. The van der Waals surface area contributed by atoms with Crippen molar-refractivity contribution < 1.29 is 23.8 Å². The van der Waals surface area contributed by atoms with Gasteiger partial charge in [0.05, 0.1) is 18.8 Å². The van der Waals surface area contributed by atoms with E-state index in [1.165, 1.54) is 13.2 Å². The van der Waals surface area contributed by atoms with E-state index in [4.69, 9.17) is 14.2 Å². The molecule has 0 amide bonds. The van der Waals surface area contributed by atoms with Crippen molar-refractivity contribution in [1.82, 2.24) is 0 Å². The summed E-state index contributed by atoms with van der Waals surface area (Å²) in [6.45, 7) is 5.76. The molecule has 0 saturated heterocycles. The van der Waals surface area contributed by atoms with Gasteiger partial charge in [0, 0.05) is 11.1 Å². The van der Waals surface area contributed by atoms with E-state index in [1.807, 2.05) is 49.4 Å². The standard InChI is InChI=1S/C26H26O5/c1-17(2)31-26(28)22-15-23(29-4)24(30-16-19-8-6-5-7-9-19)14-21(22)25(27)20-12-10-18(3)11-13-20/h5-15,17H,16H2,1-4H3. The largest absolute Gasteiger partial charge is 0.493 e. The molecule has 3 aromatic carbocycles. The summed E-state index contributed by atoms with van der Waals surface area (Å²) in [4.78, 5) is 26.0. The van der Waals surface area contributed by atoms with Gasteiger partial charge in [-0.2, -0.15) is 0 Å². The van der Waals surface area contributed by atoms with Gasteiger partial charge in [0.1, 0.15) is 6.61 Å². The fourth-order valence-electron chi connectivity index (χ4n) is 3.06. The first-order chi connectivity index (χ1) is 14.9. The monoisotopic (exact) mass is 418 g/mol. The summed E-state index contributed by atoms with van der Waals surface area (Å²) in [7, 11) is 1.49. The summed E-state index contributed by atoms with van der Waals surface area (Å²) in [5.41, 5.74) is 2.83. The number of carbonyl (C=O) groups excluding carboxylic acids is 2. The highest BCUT2D eigenvalue weighted by Crippen LogP contribution is 2.33. The molecule has 3 rings (SSSR count). The molecule has 5 heteroatoms. The Hall–Kier alpha value is -3.60. The summed E-state index contributed by atoms with van der Waals surface area (Å²) in [6.07, 6.45) is -0.324. The molecule has 0 saturated carbocycles. The number of methoxy groups -OCH3 is 1. The van der Waals surface area contributed by atoms with Crippen LogP contribution >= 0.6 is 0 Å². The van der Waals surface area contributed by atoms with Crippen LogP contribution < -0.4 is 9.47 Å². The Morgan fingerprint density at radius 1 is 0.871 bits per heavy atom. The molecule has 160 valence electrons. The number of aryl methyl sites for hydroxylation is 1. The summed E-state index contributed by atoms with van der Waals surface area (Å²) >= 11 is 0. The molecule has 0 aliphatic rings. The van der Waals surface area contributed by atoms with Gasteiger partial charge < -0.3 is 14.2 Å². The maximum atomic E-state index is 13.3. The molecule has 5 nitrogen and oxygen atoms in total. The van der Waals surface area contributed by atoms with Crippen molar-refractivity contribution in [3.05, 3.63) is 94.5 Å². The van der Waals surface area contributed by atoms with Gasteiger partial charge >= 0.3 is 5.97 Å². The lowest BCUT2D eigenvalue weighted by Gasteiger charge is -2.16. The quantitative estimate of drug-likeness (QED) is 0.363. The van der Waals surface area contributed by atoms with E-state index in [-0.39, 0.29) is 23.0 Å². The third-order valence-corrected chi connectivity index (χ3v) is 4.66. The fourth-order valence-corrected chi connectivity index (χ4v) is 3.06. The Balaban J connectivity index is 2.04. The Kier molecular flexibility index (Phi) is 7.08. The van der Waals surface area contributed by atoms with Gasteiger partial charge in [0.25, 0.3) is 0 Å². The van der Waals surface area contributed by atoms with Crippen LogP contribution in [-0.4, -0.2) is 25.0 Å². The summed E-state index contributed by atoms with van der Waals surface area (Å²) in [5, 5.41) is 0. The highest BCUT2D eigenvalue weighted by molar-refractivity contribution is 6.15. The minimum absolute atomic E-state index is 0.142. The van der Waals surface area contributed by atoms with Crippen molar-refractivity contribution in [2.24, 2.45) is 0 Å². The minimum atomic E-state index is -0.585. The molecule has 0 aliphatic carbocycles. The highest BCUT2D eigenvalue weighted by atomic mass is 16.5. The van der Waals surface area contributed by atoms with E-state index in [0.29, 0.717) is 23.7 Å². The number of rotatable bonds is 8. The zero-order chi connectivity index (χ0) is 22.4. The Morgan fingerprint density at radius 3 is 2.13 bits per heavy atom. The maximum absolute atomic E-state index is 13.3. The Bertz CT molecular complexity index is 1050. The van der Waals surface area contributed by atoms with Crippen molar-refractivity contribution in [1.29, 1.82) is 0 Å². The number of esters is 1. The topological polar surface area (TPSA) is 61.8 Å². The first kappa shape index (κ1) is 22.1. The first-order valence-corrected chi connectivity index (χ1v) is 10.1. The van der Waals surface area contributed by atoms with E-state index >= 15 is 0 Å². The third-order valence-electron chi connectivity index (χ3n) is 4.66. The van der Waals surface area contributed by atoms with Gasteiger partial charge in [0.15, 0.2) is 17.3 Å². The normalized spacial score (nSPS) is 10.6. The van der Waals surface area contributed by atoms with Crippen LogP contribution in [0.25, 0.3) is 0 Å². The zero-order valence-corrected chi connectivity index (χ0v) is 18.2. The van der Waals surface area contributed by atoms with Crippen molar-refractivity contribution >= 4 is 11.8 Å². The molecule has 0 unspecified atom stereocenters. The van der Waals surface area contributed by atoms with Crippen LogP contribution in [0.15, 0.2) is 66.7 Å². The third kappa shape index (κ3) is 5.51. The Labute approximate surface area is 182 Å². The second-order valence-corrected chi connectivity index (χ2v) is 7.47. The van der Waals surface area contributed by atoms with Crippen LogP contribution in [0.2, 0.25) is 0 Å². The molecule has 0 atom stereocenters. The van der Waals surface area contributed by atoms with Crippen LogP contribution in [0.4, 0.5) is 0 Å². The smallest absolute Gasteiger partial charge is 0.339 e. The number of ketones is 1. The van der Waals surface area contributed by atoms with E-state index < -0.39 is 5.97 Å². The molecule has 3 aromatic rings. The Morgan fingerprint density at radius 2 is 1.52 bits per heavy atom. The summed E-state index contributed by atoms with van der Waals surface area (Å²) in [5.74, 6) is -0.142. The van der Waals surface area contributed by atoms with Gasteiger partial charge in [-0.15, -0.1) is 0 Å². The molecule has 0 fully saturated rings. The molecule has 31 heavy (non-hydrogen) atoms. The summed E-state index contributed by atoms with van der Waals surface area (Å²) < 4.78 is 16.8. The predicted octanol–water partition coefficient (Wildman–Crippen LogP) is 5.38. The van der Waals surface area contributed by atoms with Crippen molar-refractivity contribution in [2.45, 2.75) is 33.5 Å². The molecule has 0 radical (unpaired) electrons. The van der Waals surface area contributed by atoms with Gasteiger partial charge in [-0.25, -0.2) is 4.79 Å². The molecule has 0 aliphatic heterocycles. The van der Waals surface area contributed by atoms with E-state index in [9.17, 15) is 9.59 Å². The van der Waals surface area contributed by atoms with Crippen LogP contribution in [0.5, 0.6) is 11.5 Å². The molecular weight excluding hydrogens is 392 g/mol. The molecule has 0 aromatic heterocycles. The van der Waals surface area contributed by atoms with Crippen LogP contribution in [-0.2, 0) is 11.3 Å². The first-order valence-electron chi connectivity index (χ1n) is 10.1. The molecule has 0 N–H and O–H groups in total. The van der Waals surface area contributed by atoms with Crippen molar-refractivity contribution in [2.75, 3.05) is 7.11 Å². The van der Waals surface area contributed by atoms with Crippen LogP contribution in [0.3, 0.4) is 0 Å². The maximum Gasteiger partial charge on any atom is 0.339 e. The SMILES string of the molecule is COc1cc(C(=O)OC(C)C)c(C(=O)c2ccc(C)cc2)cc1OCc1ccccc1. The van der Waals surface area contributed by atoms with Crippen LogP contribution in [0.1, 0.15) is 51.3 Å². The second kappa shape index (κ2) is 9.94. The average molecular weight is 418 g/mol. The fraction of sp³-hybridized carbons (Fsp3) is 0.231. The molecular formula is C26H26O5. The number of ether oxygens (including phenoxy) is 3. The zero-order valence-electron chi connectivity index (χ0n) is 18.2. The predicted molar refractivity (Wildman–Crippen MR) is 119 cm³/mol. The average Bonchev–Trinajstić information content (AvgIpc) is 2.77.